The van der Waals surface area contributed by atoms with Gasteiger partial charge in [-0.05, 0) is 11.1 Å². The molecule has 2 rings (SSSR count). The molecule has 0 amide bonds. The molecule has 0 aliphatic rings. The number of hydrogen-bond donors (Lipinski definition) is 1. The first-order chi connectivity index (χ1) is 12.2. The number of rotatable bonds is 10. The fraction of sp³-hybridized carbons (Fsp3) is 0.350. The van der Waals surface area contributed by atoms with Gasteiger partial charge in [0.2, 0.25) is 0 Å². The molecule has 4 nitrogen and oxygen atoms in total. The third-order valence-electron chi connectivity index (χ3n) is 3.70. The summed E-state index contributed by atoms with van der Waals surface area (Å²) in [4.78, 5) is 1.98. The van der Waals surface area contributed by atoms with E-state index >= 15 is 0 Å². The van der Waals surface area contributed by atoms with Crippen LogP contribution >= 0.6 is 11.6 Å². The number of aliphatic hydroxyl groups is 1. The predicted molar refractivity (Wildman–Crippen MR) is 99.1 cm³/mol. The van der Waals surface area contributed by atoms with Gasteiger partial charge in [-0.2, -0.15) is 5.26 Å². The van der Waals surface area contributed by atoms with Crippen molar-refractivity contribution in [1.82, 2.24) is 4.90 Å². The minimum atomic E-state index is -0.644. The van der Waals surface area contributed by atoms with Gasteiger partial charge < -0.3 is 9.84 Å². The molecule has 2 aromatic carbocycles. The summed E-state index contributed by atoms with van der Waals surface area (Å²) in [5.74, 6) is 0. The van der Waals surface area contributed by atoms with Crippen LogP contribution in [-0.2, 0) is 17.9 Å². The summed E-state index contributed by atoms with van der Waals surface area (Å²) in [6.45, 7) is 2.12. The highest BCUT2D eigenvalue weighted by atomic mass is 35.5. The zero-order valence-corrected chi connectivity index (χ0v) is 14.8. The summed E-state index contributed by atoms with van der Waals surface area (Å²) in [5, 5.41) is 18.6. The number of ether oxygens (including phenoxy) is 1. The molecule has 132 valence electrons. The Kier molecular flexibility index (Phi) is 8.44. The molecule has 1 N–H and O–H groups in total. The highest BCUT2D eigenvalue weighted by molar-refractivity contribution is 6.22. The molecule has 5 heteroatoms. The van der Waals surface area contributed by atoms with Crippen molar-refractivity contribution in [3.05, 3.63) is 71.8 Å². The highest BCUT2D eigenvalue weighted by Gasteiger charge is 2.16. The largest absolute Gasteiger partial charge is 0.389 e. The topological polar surface area (TPSA) is 56.5 Å². The van der Waals surface area contributed by atoms with E-state index in [1.807, 2.05) is 71.6 Å². The van der Waals surface area contributed by atoms with E-state index in [0.717, 1.165) is 11.1 Å². The molecule has 0 fully saturated rings. The molecule has 0 spiro atoms. The van der Waals surface area contributed by atoms with Gasteiger partial charge in [-0.15, -0.1) is 11.6 Å². The van der Waals surface area contributed by atoms with Crippen LogP contribution < -0.4 is 0 Å². The molecule has 0 radical (unpaired) electrons. The van der Waals surface area contributed by atoms with Crippen molar-refractivity contribution >= 4 is 11.6 Å². The maximum Gasteiger partial charge on any atom is 0.133 e. The van der Waals surface area contributed by atoms with Crippen LogP contribution in [0.3, 0.4) is 0 Å². The van der Waals surface area contributed by atoms with E-state index in [0.29, 0.717) is 26.2 Å². The molecule has 1 unspecified atom stereocenters. The van der Waals surface area contributed by atoms with Crippen molar-refractivity contribution in [3.63, 3.8) is 0 Å². The van der Waals surface area contributed by atoms with Gasteiger partial charge in [-0.1, -0.05) is 60.7 Å². The Balaban J connectivity index is 1.83. The van der Waals surface area contributed by atoms with Crippen molar-refractivity contribution in [2.45, 2.75) is 24.6 Å². The molecule has 2 atom stereocenters. The van der Waals surface area contributed by atoms with Crippen molar-refractivity contribution in [3.8, 4) is 6.07 Å². The van der Waals surface area contributed by atoms with Crippen molar-refractivity contribution in [1.29, 1.82) is 5.26 Å². The van der Waals surface area contributed by atoms with Gasteiger partial charge in [0, 0.05) is 19.6 Å². The van der Waals surface area contributed by atoms with Crippen LogP contribution in [-0.4, -0.2) is 41.2 Å². The average Bonchev–Trinajstić information content (AvgIpc) is 2.63. The number of nitrogens with zero attached hydrogens (tertiary/aromatic N) is 2. The van der Waals surface area contributed by atoms with E-state index in [4.69, 9.17) is 21.6 Å². The third-order valence-corrected chi connectivity index (χ3v) is 3.93. The fourth-order valence-corrected chi connectivity index (χ4v) is 2.75. The Morgan fingerprint density at radius 1 is 1.00 bits per heavy atom. The first kappa shape index (κ1) is 19.4. The van der Waals surface area contributed by atoms with Crippen LogP contribution in [0.2, 0.25) is 0 Å². The summed E-state index contributed by atoms with van der Waals surface area (Å²) in [5.41, 5.74) is 2.18. The number of alkyl halides is 1. The number of hydrogen-bond acceptors (Lipinski definition) is 4. The van der Waals surface area contributed by atoms with Crippen molar-refractivity contribution < 1.29 is 9.84 Å². The van der Waals surface area contributed by atoms with Gasteiger partial charge in [0.25, 0.3) is 0 Å². The quantitative estimate of drug-likeness (QED) is 0.663. The van der Waals surface area contributed by atoms with E-state index in [9.17, 15) is 5.11 Å². The number of aliphatic hydroxyl groups excluding tert-OH is 1. The average molecular weight is 359 g/mol. The zero-order valence-electron chi connectivity index (χ0n) is 14.1. The number of halogens is 1. The lowest BCUT2D eigenvalue weighted by Crippen LogP contribution is -2.37. The minimum absolute atomic E-state index is 0.236. The van der Waals surface area contributed by atoms with Crippen LogP contribution in [0.4, 0.5) is 0 Å². The van der Waals surface area contributed by atoms with Gasteiger partial charge in [0.1, 0.15) is 5.38 Å². The normalized spacial score (nSPS) is 13.4. The maximum atomic E-state index is 10.3. The summed E-state index contributed by atoms with van der Waals surface area (Å²) < 4.78 is 5.59. The molecule has 0 aliphatic carbocycles. The van der Waals surface area contributed by atoms with E-state index in [1.165, 1.54) is 0 Å². The smallest absolute Gasteiger partial charge is 0.133 e. The number of nitriles is 1. The summed E-state index contributed by atoms with van der Waals surface area (Å²) >= 11 is 5.98. The molecular formula is C20H23ClN2O2. The molecule has 2 aromatic rings. The molecule has 0 bridgehead atoms. The fourth-order valence-electron chi connectivity index (χ4n) is 2.55. The van der Waals surface area contributed by atoms with Gasteiger partial charge in [-0.25, -0.2) is 0 Å². The van der Waals surface area contributed by atoms with E-state index in [1.54, 1.807) is 0 Å². The summed E-state index contributed by atoms with van der Waals surface area (Å²) in [6.07, 6.45) is -0.644. The van der Waals surface area contributed by atoms with Crippen molar-refractivity contribution in [2.75, 3.05) is 19.7 Å². The summed E-state index contributed by atoms with van der Waals surface area (Å²) in [6, 6.07) is 21.8. The van der Waals surface area contributed by atoms with E-state index in [2.05, 4.69) is 0 Å². The first-order valence-corrected chi connectivity index (χ1v) is 8.70. The predicted octanol–water partition coefficient (Wildman–Crippen LogP) is 3.20. The lowest BCUT2D eigenvalue weighted by molar-refractivity contribution is 0.00901. The van der Waals surface area contributed by atoms with Crippen LogP contribution in [0.5, 0.6) is 0 Å². The third kappa shape index (κ3) is 7.68. The molecule has 0 aliphatic heterocycles. The van der Waals surface area contributed by atoms with E-state index in [-0.39, 0.29) is 6.61 Å². The zero-order chi connectivity index (χ0) is 17.9. The second-order valence-electron chi connectivity index (χ2n) is 5.93. The SMILES string of the molecule is N#CC(Cl)CN(Cc1ccccc1)C[C@H](O)COCc1ccccc1. The maximum absolute atomic E-state index is 10.3. The lowest BCUT2D eigenvalue weighted by Gasteiger charge is -2.25. The Bertz CT molecular complexity index is 646. The Labute approximate surface area is 154 Å². The van der Waals surface area contributed by atoms with Crippen LogP contribution in [0.15, 0.2) is 60.7 Å². The standard InChI is InChI=1S/C20H23ClN2O2/c21-19(11-22)13-23(12-17-7-3-1-4-8-17)14-20(24)16-25-15-18-9-5-2-6-10-18/h1-10,19-20,24H,12-16H2/t19?,20-/m0/s1. The second kappa shape index (κ2) is 10.9. The molecule has 0 heterocycles. The Hall–Kier alpha value is -1.90. The van der Waals surface area contributed by atoms with Crippen LogP contribution in [0, 0.1) is 11.3 Å². The van der Waals surface area contributed by atoms with Gasteiger partial charge in [0.15, 0.2) is 0 Å². The Morgan fingerprint density at radius 2 is 1.60 bits per heavy atom. The monoisotopic (exact) mass is 358 g/mol. The minimum Gasteiger partial charge on any atom is -0.389 e. The van der Waals surface area contributed by atoms with Gasteiger partial charge >= 0.3 is 0 Å². The molecular weight excluding hydrogens is 336 g/mol. The summed E-state index contributed by atoms with van der Waals surface area (Å²) in [7, 11) is 0. The van der Waals surface area contributed by atoms with Gasteiger partial charge in [0.05, 0.1) is 25.4 Å². The van der Waals surface area contributed by atoms with Crippen LogP contribution in [0.1, 0.15) is 11.1 Å². The van der Waals surface area contributed by atoms with Crippen LogP contribution in [0.25, 0.3) is 0 Å². The highest BCUT2D eigenvalue weighted by Crippen LogP contribution is 2.09. The molecule has 0 saturated heterocycles. The second-order valence-corrected chi connectivity index (χ2v) is 6.46. The first-order valence-electron chi connectivity index (χ1n) is 8.27. The van der Waals surface area contributed by atoms with Gasteiger partial charge in [-0.3, -0.25) is 4.90 Å². The molecule has 0 aromatic heterocycles. The number of benzene rings is 2. The van der Waals surface area contributed by atoms with E-state index < -0.39 is 11.5 Å². The lowest BCUT2D eigenvalue weighted by atomic mass is 10.2. The Morgan fingerprint density at radius 3 is 2.20 bits per heavy atom. The molecule has 0 saturated carbocycles. The van der Waals surface area contributed by atoms with Crippen molar-refractivity contribution in [2.24, 2.45) is 0 Å². The molecule has 25 heavy (non-hydrogen) atoms.